The standard InChI is InChI=1S/C18H25N5S/c1-19-17(20-11-16-13-24-18(21-16)22(2)3)23-10-9-15(12-23)14-7-5-4-6-8-14/h4-8,13,15H,9-12H2,1-3H3,(H,19,20). The summed E-state index contributed by atoms with van der Waals surface area (Å²) in [5.41, 5.74) is 2.48. The molecule has 1 aliphatic heterocycles. The van der Waals surface area contributed by atoms with E-state index in [1.807, 2.05) is 26.0 Å². The number of guanidine groups is 1. The van der Waals surface area contributed by atoms with Gasteiger partial charge in [0.05, 0.1) is 12.2 Å². The Kier molecular flexibility index (Phi) is 5.35. The van der Waals surface area contributed by atoms with E-state index in [9.17, 15) is 0 Å². The van der Waals surface area contributed by atoms with E-state index in [2.05, 4.69) is 55.9 Å². The van der Waals surface area contributed by atoms with Crippen molar-refractivity contribution in [3.63, 3.8) is 0 Å². The van der Waals surface area contributed by atoms with Gasteiger partial charge in [0.15, 0.2) is 11.1 Å². The van der Waals surface area contributed by atoms with Crippen molar-refractivity contribution in [2.24, 2.45) is 4.99 Å². The Morgan fingerprint density at radius 3 is 2.83 bits per heavy atom. The van der Waals surface area contributed by atoms with E-state index >= 15 is 0 Å². The number of hydrogen-bond acceptors (Lipinski definition) is 4. The Morgan fingerprint density at radius 1 is 1.38 bits per heavy atom. The summed E-state index contributed by atoms with van der Waals surface area (Å²) in [7, 11) is 5.89. The second kappa shape index (κ2) is 7.66. The molecule has 0 radical (unpaired) electrons. The minimum Gasteiger partial charge on any atom is -0.354 e. The zero-order valence-corrected chi connectivity index (χ0v) is 15.4. The maximum Gasteiger partial charge on any atom is 0.193 e. The van der Waals surface area contributed by atoms with Crippen LogP contribution >= 0.6 is 11.3 Å². The largest absolute Gasteiger partial charge is 0.354 e. The van der Waals surface area contributed by atoms with Crippen LogP contribution in [0.1, 0.15) is 23.6 Å². The van der Waals surface area contributed by atoms with Crippen LogP contribution in [0.4, 0.5) is 5.13 Å². The van der Waals surface area contributed by atoms with Gasteiger partial charge in [-0.3, -0.25) is 4.99 Å². The predicted octanol–water partition coefficient (Wildman–Crippen LogP) is 2.77. The van der Waals surface area contributed by atoms with Gasteiger partial charge in [-0.15, -0.1) is 11.3 Å². The molecule has 1 atom stereocenters. The van der Waals surface area contributed by atoms with Gasteiger partial charge in [0.1, 0.15) is 0 Å². The number of anilines is 1. The summed E-state index contributed by atoms with van der Waals surface area (Å²) in [4.78, 5) is 13.4. The number of aliphatic imine (C=N–C) groups is 1. The molecule has 2 heterocycles. The molecule has 6 heteroatoms. The molecule has 0 aliphatic carbocycles. The van der Waals surface area contributed by atoms with E-state index in [1.54, 1.807) is 11.3 Å². The molecule has 0 bridgehead atoms. The third-order valence-corrected chi connectivity index (χ3v) is 5.38. The molecule has 1 aromatic heterocycles. The average Bonchev–Trinajstić information content (AvgIpc) is 3.26. The normalized spacial score (nSPS) is 18.0. The number of benzene rings is 1. The number of thiazole rings is 1. The third-order valence-electron chi connectivity index (χ3n) is 4.32. The Morgan fingerprint density at radius 2 is 2.17 bits per heavy atom. The molecule has 1 fully saturated rings. The van der Waals surface area contributed by atoms with Crippen molar-refractivity contribution in [3.8, 4) is 0 Å². The van der Waals surface area contributed by atoms with Crippen molar-refractivity contribution in [3.05, 3.63) is 47.0 Å². The molecule has 5 nitrogen and oxygen atoms in total. The van der Waals surface area contributed by atoms with E-state index in [4.69, 9.17) is 0 Å². The Bertz CT molecular complexity index is 680. The average molecular weight is 344 g/mol. The van der Waals surface area contributed by atoms with Gasteiger partial charge >= 0.3 is 0 Å². The zero-order chi connectivity index (χ0) is 16.9. The van der Waals surface area contributed by atoms with Crippen molar-refractivity contribution < 1.29 is 0 Å². The van der Waals surface area contributed by atoms with Crippen LogP contribution in [0.3, 0.4) is 0 Å². The number of hydrogen-bond donors (Lipinski definition) is 1. The molecule has 0 amide bonds. The number of aromatic nitrogens is 1. The van der Waals surface area contributed by atoms with Gasteiger partial charge in [-0.25, -0.2) is 4.98 Å². The maximum absolute atomic E-state index is 4.61. The van der Waals surface area contributed by atoms with Gasteiger partial charge in [0, 0.05) is 45.5 Å². The minimum absolute atomic E-state index is 0.587. The molecule has 3 rings (SSSR count). The lowest BCUT2D eigenvalue weighted by Crippen LogP contribution is -2.39. The SMILES string of the molecule is CN=C(NCc1csc(N(C)C)n1)N1CCC(c2ccccc2)C1. The molecule has 1 aromatic carbocycles. The zero-order valence-electron chi connectivity index (χ0n) is 14.6. The van der Waals surface area contributed by atoms with Crippen LogP contribution in [0.15, 0.2) is 40.7 Å². The highest BCUT2D eigenvalue weighted by Gasteiger charge is 2.25. The minimum atomic E-state index is 0.587. The molecule has 0 spiro atoms. The second-order valence-electron chi connectivity index (χ2n) is 6.26. The summed E-state index contributed by atoms with van der Waals surface area (Å²) >= 11 is 1.67. The first-order valence-corrected chi connectivity index (χ1v) is 9.17. The Balaban J connectivity index is 1.57. The van der Waals surface area contributed by atoms with Gasteiger partial charge in [0.25, 0.3) is 0 Å². The summed E-state index contributed by atoms with van der Waals surface area (Å²) in [5.74, 6) is 1.55. The van der Waals surface area contributed by atoms with Crippen molar-refractivity contribution in [2.75, 3.05) is 39.1 Å². The first-order chi connectivity index (χ1) is 11.7. The molecule has 1 aliphatic rings. The van der Waals surface area contributed by atoms with Gasteiger partial charge in [0.2, 0.25) is 0 Å². The van der Waals surface area contributed by atoms with Crippen LogP contribution in [-0.4, -0.2) is 50.1 Å². The van der Waals surface area contributed by atoms with Gasteiger partial charge in [-0.2, -0.15) is 0 Å². The summed E-state index contributed by atoms with van der Waals surface area (Å²) in [6.45, 7) is 2.77. The molecule has 24 heavy (non-hydrogen) atoms. The topological polar surface area (TPSA) is 43.8 Å². The van der Waals surface area contributed by atoms with Gasteiger partial charge in [-0.1, -0.05) is 30.3 Å². The van der Waals surface area contributed by atoms with Crippen LogP contribution in [0.25, 0.3) is 0 Å². The van der Waals surface area contributed by atoms with E-state index < -0.39 is 0 Å². The van der Waals surface area contributed by atoms with E-state index in [0.717, 1.165) is 29.9 Å². The summed E-state index contributed by atoms with van der Waals surface area (Å²) < 4.78 is 0. The smallest absolute Gasteiger partial charge is 0.193 e. The van der Waals surface area contributed by atoms with Crippen molar-refractivity contribution >= 4 is 22.4 Å². The fourth-order valence-corrected chi connectivity index (χ4v) is 3.79. The summed E-state index contributed by atoms with van der Waals surface area (Å²) in [6.07, 6.45) is 1.17. The summed E-state index contributed by atoms with van der Waals surface area (Å²) in [5, 5.41) is 6.59. The Labute approximate surface area is 148 Å². The van der Waals surface area contributed by atoms with E-state index in [-0.39, 0.29) is 0 Å². The van der Waals surface area contributed by atoms with Gasteiger partial charge in [-0.05, 0) is 12.0 Å². The number of likely N-dealkylation sites (tertiary alicyclic amines) is 1. The highest BCUT2D eigenvalue weighted by atomic mass is 32.1. The predicted molar refractivity (Wildman–Crippen MR) is 102 cm³/mol. The second-order valence-corrected chi connectivity index (χ2v) is 7.10. The molecule has 128 valence electrons. The highest BCUT2D eigenvalue weighted by Crippen LogP contribution is 2.27. The van der Waals surface area contributed by atoms with Crippen LogP contribution in [0.5, 0.6) is 0 Å². The monoisotopic (exact) mass is 343 g/mol. The van der Waals surface area contributed by atoms with Crippen molar-refractivity contribution in [1.82, 2.24) is 15.2 Å². The first kappa shape index (κ1) is 16.8. The molecule has 1 saturated heterocycles. The van der Waals surface area contributed by atoms with E-state index in [0.29, 0.717) is 12.5 Å². The number of nitrogens with one attached hydrogen (secondary N) is 1. The highest BCUT2D eigenvalue weighted by molar-refractivity contribution is 7.13. The first-order valence-electron chi connectivity index (χ1n) is 8.29. The molecule has 0 saturated carbocycles. The third kappa shape index (κ3) is 3.87. The molecule has 1 N–H and O–H groups in total. The van der Waals surface area contributed by atoms with Crippen LogP contribution in [0, 0.1) is 0 Å². The fraction of sp³-hybridized carbons (Fsp3) is 0.444. The van der Waals surface area contributed by atoms with E-state index in [1.165, 1.54) is 12.0 Å². The molecule has 1 unspecified atom stereocenters. The summed E-state index contributed by atoms with van der Waals surface area (Å²) in [6, 6.07) is 10.8. The Hall–Kier alpha value is -2.08. The number of nitrogens with zero attached hydrogens (tertiary/aromatic N) is 4. The molecular weight excluding hydrogens is 318 g/mol. The van der Waals surface area contributed by atoms with Crippen molar-refractivity contribution in [2.45, 2.75) is 18.9 Å². The lowest BCUT2D eigenvalue weighted by atomic mass is 9.99. The molecular formula is C18H25N5S. The van der Waals surface area contributed by atoms with Crippen LogP contribution in [0.2, 0.25) is 0 Å². The van der Waals surface area contributed by atoms with Crippen molar-refractivity contribution in [1.29, 1.82) is 0 Å². The molecule has 2 aromatic rings. The number of rotatable bonds is 4. The fourth-order valence-electron chi connectivity index (χ4n) is 3.03. The quantitative estimate of drug-likeness (QED) is 0.685. The van der Waals surface area contributed by atoms with Gasteiger partial charge < -0.3 is 15.1 Å². The lowest BCUT2D eigenvalue weighted by Gasteiger charge is -2.21. The van der Waals surface area contributed by atoms with Crippen LogP contribution in [-0.2, 0) is 6.54 Å². The lowest BCUT2D eigenvalue weighted by molar-refractivity contribution is 0.485. The maximum atomic E-state index is 4.61. The van der Waals surface area contributed by atoms with Crippen LogP contribution < -0.4 is 10.2 Å².